The summed E-state index contributed by atoms with van der Waals surface area (Å²) in [5, 5.41) is 0. The van der Waals surface area contributed by atoms with Crippen molar-refractivity contribution in [1.29, 1.82) is 0 Å². The Balaban J connectivity index is 2.08. The van der Waals surface area contributed by atoms with E-state index in [9.17, 15) is 0 Å². The fourth-order valence-electron chi connectivity index (χ4n) is 2.27. The molecule has 0 saturated carbocycles. The lowest BCUT2D eigenvalue weighted by atomic mass is 9.96. The van der Waals surface area contributed by atoms with Crippen LogP contribution in [0.3, 0.4) is 0 Å². The van der Waals surface area contributed by atoms with Crippen LogP contribution in [0.4, 0.5) is 17.1 Å². The van der Waals surface area contributed by atoms with Crippen molar-refractivity contribution in [3.05, 3.63) is 18.2 Å². The Bertz CT molecular complexity index is 356. The fourth-order valence-corrected chi connectivity index (χ4v) is 2.27. The molecule has 0 atom stereocenters. The van der Waals surface area contributed by atoms with E-state index >= 15 is 0 Å². The second-order valence-corrected chi connectivity index (χ2v) is 4.48. The van der Waals surface area contributed by atoms with Gasteiger partial charge in [-0.25, -0.2) is 0 Å². The highest BCUT2D eigenvalue weighted by atomic mass is 15.1. The molecule has 1 aliphatic heterocycles. The summed E-state index contributed by atoms with van der Waals surface area (Å²) in [6, 6.07) is 5.73. The van der Waals surface area contributed by atoms with E-state index < -0.39 is 0 Å². The van der Waals surface area contributed by atoms with Crippen LogP contribution in [0, 0.1) is 5.92 Å². The predicted molar refractivity (Wildman–Crippen MR) is 69.3 cm³/mol. The largest absolute Gasteiger partial charge is 0.399 e. The highest BCUT2D eigenvalue weighted by molar-refractivity contribution is 5.71. The summed E-state index contributed by atoms with van der Waals surface area (Å²) in [6.45, 7) is 2.87. The molecule has 6 N–H and O–H groups in total. The average Bonchev–Trinajstić information content (AvgIpc) is 2.29. The van der Waals surface area contributed by atoms with E-state index in [2.05, 4.69) is 4.90 Å². The van der Waals surface area contributed by atoms with Crippen molar-refractivity contribution in [3.8, 4) is 0 Å². The summed E-state index contributed by atoms with van der Waals surface area (Å²) in [6.07, 6.45) is 2.31. The predicted octanol–water partition coefficient (Wildman–Crippen LogP) is 1.03. The van der Waals surface area contributed by atoms with E-state index in [0.29, 0.717) is 5.92 Å². The second kappa shape index (κ2) is 4.61. The molecule has 2 rings (SSSR count). The minimum absolute atomic E-state index is 0.672. The molecule has 16 heavy (non-hydrogen) atoms. The molecule has 0 unspecified atom stereocenters. The van der Waals surface area contributed by atoms with E-state index in [1.165, 1.54) is 0 Å². The number of anilines is 3. The molecule has 0 spiro atoms. The Morgan fingerprint density at radius 3 is 2.44 bits per heavy atom. The minimum Gasteiger partial charge on any atom is -0.399 e. The summed E-state index contributed by atoms with van der Waals surface area (Å²) in [4.78, 5) is 2.32. The van der Waals surface area contributed by atoms with Gasteiger partial charge >= 0.3 is 0 Å². The van der Waals surface area contributed by atoms with Crippen LogP contribution in [0.1, 0.15) is 12.8 Å². The van der Waals surface area contributed by atoms with Gasteiger partial charge in [0, 0.05) is 18.8 Å². The standard InChI is InChI=1S/C12H20N4/c13-8-9-3-5-16(6-4-9)12-2-1-10(14)7-11(12)15/h1-2,7,9H,3-6,8,13-15H2. The van der Waals surface area contributed by atoms with Crippen molar-refractivity contribution in [2.24, 2.45) is 11.7 Å². The van der Waals surface area contributed by atoms with Gasteiger partial charge in [-0.3, -0.25) is 0 Å². The number of rotatable bonds is 2. The van der Waals surface area contributed by atoms with Gasteiger partial charge in [0.05, 0.1) is 11.4 Å². The molecule has 0 aromatic heterocycles. The van der Waals surface area contributed by atoms with Crippen LogP contribution in [0.2, 0.25) is 0 Å². The van der Waals surface area contributed by atoms with Gasteiger partial charge in [-0.15, -0.1) is 0 Å². The smallest absolute Gasteiger partial charge is 0.0601 e. The van der Waals surface area contributed by atoms with Crippen LogP contribution < -0.4 is 22.1 Å². The van der Waals surface area contributed by atoms with Crippen LogP contribution in [0.5, 0.6) is 0 Å². The first-order valence-corrected chi connectivity index (χ1v) is 5.80. The molecule has 1 heterocycles. The number of nitrogen functional groups attached to an aromatic ring is 2. The quantitative estimate of drug-likeness (QED) is 0.650. The third-order valence-electron chi connectivity index (χ3n) is 3.34. The normalized spacial score (nSPS) is 17.7. The van der Waals surface area contributed by atoms with Gasteiger partial charge in [-0.1, -0.05) is 0 Å². The Morgan fingerprint density at radius 2 is 1.88 bits per heavy atom. The fraction of sp³-hybridized carbons (Fsp3) is 0.500. The molecule has 0 radical (unpaired) electrons. The SMILES string of the molecule is NCC1CCN(c2ccc(N)cc2N)CC1. The molecule has 4 nitrogen and oxygen atoms in total. The lowest BCUT2D eigenvalue weighted by Crippen LogP contribution is -2.36. The Hall–Kier alpha value is -1.42. The van der Waals surface area contributed by atoms with Crippen molar-refractivity contribution in [2.75, 3.05) is 36.0 Å². The number of piperidine rings is 1. The number of benzene rings is 1. The van der Waals surface area contributed by atoms with E-state index in [0.717, 1.165) is 49.5 Å². The van der Waals surface area contributed by atoms with Crippen molar-refractivity contribution >= 4 is 17.1 Å². The van der Waals surface area contributed by atoms with E-state index in [4.69, 9.17) is 17.2 Å². The Labute approximate surface area is 96.4 Å². The summed E-state index contributed by atoms with van der Waals surface area (Å²) >= 11 is 0. The summed E-state index contributed by atoms with van der Waals surface area (Å²) < 4.78 is 0. The monoisotopic (exact) mass is 220 g/mol. The lowest BCUT2D eigenvalue weighted by molar-refractivity contribution is 0.415. The molecule has 1 aromatic rings. The first-order chi connectivity index (χ1) is 7.70. The highest BCUT2D eigenvalue weighted by Gasteiger charge is 2.19. The zero-order valence-electron chi connectivity index (χ0n) is 9.52. The molecule has 1 saturated heterocycles. The summed E-state index contributed by atoms with van der Waals surface area (Å²) in [5.74, 6) is 0.672. The zero-order valence-corrected chi connectivity index (χ0v) is 9.52. The molecule has 88 valence electrons. The molecule has 4 heteroatoms. The molecule has 1 aromatic carbocycles. The summed E-state index contributed by atoms with van der Waals surface area (Å²) in [5.41, 5.74) is 19.9. The number of nitrogens with zero attached hydrogens (tertiary/aromatic N) is 1. The maximum atomic E-state index is 5.97. The molecular formula is C12H20N4. The number of hydrogen-bond donors (Lipinski definition) is 3. The molecular weight excluding hydrogens is 200 g/mol. The molecule has 1 aliphatic rings. The first kappa shape index (κ1) is 11.1. The van der Waals surface area contributed by atoms with Gasteiger partial charge in [0.1, 0.15) is 0 Å². The van der Waals surface area contributed by atoms with E-state index in [1.807, 2.05) is 18.2 Å². The van der Waals surface area contributed by atoms with Gasteiger partial charge < -0.3 is 22.1 Å². The van der Waals surface area contributed by atoms with Crippen LogP contribution >= 0.6 is 0 Å². The molecule has 0 bridgehead atoms. The van der Waals surface area contributed by atoms with E-state index in [1.54, 1.807) is 0 Å². The maximum Gasteiger partial charge on any atom is 0.0601 e. The van der Waals surface area contributed by atoms with Crippen LogP contribution in [-0.2, 0) is 0 Å². The van der Waals surface area contributed by atoms with Crippen LogP contribution in [0.25, 0.3) is 0 Å². The van der Waals surface area contributed by atoms with Gasteiger partial charge in [0.25, 0.3) is 0 Å². The first-order valence-electron chi connectivity index (χ1n) is 5.80. The highest BCUT2D eigenvalue weighted by Crippen LogP contribution is 2.29. The van der Waals surface area contributed by atoms with Crippen LogP contribution in [0.15, 0.2) is 18.2 Å². The third-order valence-corrected chi connectivity index (χ3v) is 3.34. The topological polar surface area (TPSA) is 81.3 Å². The van der Waals surface area contributed by atoms with Crippen molar-refractivity contribution in [3.63, 3.8) is 0 Å². The van der Waals surface area contributed by atoms with Crippen molar-refractivity contribution < 1.29 is 0 Å². The number of hydrogen-bond acceptors (Lipinski definition) is 4. The molecule has 1 fully saturated rings. The van der Waals surface area contributed by atoms with E-state index in [-0.39, 0.29) is 0 Å². The second-order valence-electron chi connectivity index (χ2n) is 4.48. The maximum absolute atomic E-state index is 5.97. The van der Waals surface area contributed by atoms with Crippen molar-refractivity contribution in [2.45, 2.75) is 12.8 Å². The molecule has 0 aliphatic carbocycles. The van der Waals surface area contributed by atoms with Gasteiger partial charge in [-0.05, 0) is 43.5 Å². The van der Waals surface area contributed by atoms with Crippen LogP contribution in [-0.4, -0.2) is 19.6 Å². The lowest BCUT2D eigenvalue weighted by Gasteiger charge is -2.33. The van der Waals surface area contributed by atoms with Gasteiger partial charge in [0.2, 0.25) is 0 Å². The third kappa shape index (κ3) is 2.22. The minimum atomic E-state index is 0.672. The van der Waals surface area contributed by atoms with Crippen molar-refractivity contribution in [1.82, 2.24) is 0 Å². The number of nitrogens with two attached hydrogens (primary N) is 3. The Morgan fingerprint density at radius 1 is 1.19 bits per heavy atom. The zero-order chi connectivity index (χ0) is 11.5. The van der Waals surface area contributed by atoms with Gasteiger partial charge in [-0.2, -0.15) is 0 Å². The molecule has 0 amide bonds. The Kier molecular flexibility index (Phi) is 3.19. The summed E-state index contributed by atoms with van der Waals surface area (Å²) in [7, 11) is 0. The van der Waals surface area contributed by atoms with Gasteiger partial charge in [0.15, 0.2) is 0 Å². The average molecular weight is 220 g/mol.